The molecular formula is C10H22N2. The third-order valence-corrected chi connectivity index (χ3v) is 2.51. The van der Waals surface area contributed by atoms with E-state index in [0.717, 1.165) is 0 Å². The van der Waals surface area contributed by atoms with Crippen LogP contribution in [-0.4, -0.2) is 37.6 Å². The molecular weight excluding hydrogens is 148 g/mol. The minimum Gasteiger partial charge on any atom is -0.315 e. The molecule has 1 saturated heterocycles. The fraction of sp³-hybridized carbons (Fsp3) is 1.00. The Bertz CT molecular complexity index is 93.3. The number of nitrogens with zero attached hydrogens (tertiary/aromatic N) is 1. The summed E-state index contributed by atoms with van der Waals surface area (Å²) < 4.78 is 0. The molecule has 1 aliphatic heterocycles. The molecule has 1 N–H and O–H groups in total. The van der Waals surface area contributed by atoms with Crippen molar-refractivity contribution in [2.45, 2.75) is 32.6 Å². The van der Waals surface area contributed by atoms with Crippen LogP contribution in [0.15, 0.2) is 0 Å². The quantitative estimate of drug-likeness (QED) is 0.690. The minimum atomic E-state index is 1.18. The molecule has 72 valence electrons. The second-order valence-corrected chi connectivity index (χ2v) is 3.65. The fourth-order valence-corrected chi connectivity index (χ4v) is 1.66. The molecule has 1 aliphatic rings. The zero-order chi connectivity index (χ0) is 8.65. The zero-order valence-electron chi connectivity index (χ0n) is 8.31. The van der Waals surface area contributed by atoms with E-state index < -0.39 is 0 Å². The Morgan fingerprint density at radius 1 is 1.17 bits per heavy atom. The van der Waals surface area contributed by atoms with E-state index in [-0.39, 0.29) is 0 Å². The summed E-state index contributed by atoms with van der Waals surface area (Å²) in [6.07, 6.45) is 5.41. The Morgan fingerprint density at radius 2 is 2.08 bits per heavy atom. The summed E-state index contributed by atoms with van der Waals surface area (Å²) in [4.78, 5) is 2.59. The molecule has 0 aromatic heterocycles. The lowest BCUT2D eigenvalue weighted by Gasteiger charge is -2.24. The first kappa shape index (κ1) is 10.0. The van der Waals surface area contributed by atoms with Gasteiger partial charge in [-0.2, -0.15) is 0 Å². The van der Waals surface area contributed by atoms with E-state index in [1.54, 1.807) is 0 Å². The van der Waals surface area contributed by atoms with E-state index in [1.165, 1.54) is 58.4 Å². The summed E-state index contributed by atoms with van der Waals surface area (Å²) in [6, 6.07) is 0. The van der Waals surface area contributed by atoms with Gasteiger partial charge in [-0.15, -0.1) is 0 Å². The molecule has 0 aromatic rings. The Hall–Kier alpha value is -0.0800. The SMILES string of the molecule is CCCCN1CCCCNCC1. The molecule has 0 atom stereocenters. The van der Waals surface area contributed by atoms with Crippen molar-refractivity contribution in [1.29, 1.82) is 0 Å². The molecule has 1 rings (SSSR count). The molecule has 1 fully saturated rings. The van der Waals surface area contributed by atoms with E-state index in [2.05, 4.69) is 17.1 Å². The summed E-state index contributed by atoms with van der Waals surface area (Å²) in [6.45, 7) is 8.55. The van der Waals surface area contributed by atoms with Crippen LogP contribution in [0.4, 0.5) is 0 Å². The summed E-state index contributed by atoms with van der Waals surface area (Å²) >= 11 is 0. The van der Waals surface area contributed by atoms with Crippen molar-refractivity contribution in [3.8, 4) is 0 Å². The highest BCUT2D eigenvalue weighted by molar-refractivity contribution is 4.63. The maximum Gasteiger partial charge on any atom is 0.0107 e. The standard InChI is InChI=1S/C10H22N2/c1-2-3-8-12-9-5-4-6-11-7-10-12/h11H,2-10H2,1H3. The van der Waals surface area contributed by atoms with Crippen molar-refractivity contribution in [2.24, 2.45) is 0 Å². The van der Waals surface area contributed by atoms with E-state index in [4.69, 9.17) is 0 Å². The number of nitrogens with one attached hydrogen (secondary N) is 1. The Balaban J connectivity index is 2.11. The van der Waals surface area contributed by atoms with Crippen molar-refractivity contribution >= 4 is 0 Å². The molecule has 2 nitrogen and oxygen atoms in total. The Labute approximate surface area is 76.3 Å². The van der Waals surface area contributed by atoms with Gasteiger partial charge in [-0.25, -0.2) is 0 Å². The zero-order valence-corrected chi connectivity index (χ0v) is 8.31. The van der Waals surface area contributed by atoms with Crippen molar-refractivity contribution in [2.75, 3.05) is 32.7 Å². The van der Waals surface area contributed by atoms with Gasteiger partial charge in [-0.05, 0) is 38.9 Å². The lowest BCUT2D eigenvalue weighted by molar-refractivity contribution is 0.251. The predicted octanol–water partition coefficient (Wildman–Crippen LogP) is 1.47. The number of hydrogen-bond donors (Lipinski definition) is 1. The molecule has 2 heteroatoms. The van der Waals surface area contributed by atoms with Crippen LogP contribution >= 0.6 is 0 Å². The molecule has 0 aromatic carbocycles. The highest BCUT2D eigenvalue weighted by Gasteiger charge is 2.05. The molecule has 0 saturated carbocycles. The van der Waals surface area contributed by atoms with Crippen LogP contribution in [0.2, 0.25) is 0 Å². The van der Waals surface area contributed by atoms with Gasteiger partial charge in [0.1, 0.15) is 0 Å². The molecule has 0 amide bonds. The van der Waals surface area contributed by atoms with Crippen molar-refractivity contribution in [3.63, 3.8) is 0 Å². The average Bonchev–Trinajstić information content (AvgIpc) is 2.02. The lowest BCUT2D eigenvalue weighted by Crippen LogP contribution is -2.36. The minimum absolute atomic E-state index is 1.18. The van der Waals surface area contributed by atoms with E-state index in [0.29, 0.717) is 0 Å². The predicted molar refractivity (Wildman–Crippen MR) is 53.5 cm³/mol. The molecule has 0 radical (unpaired) electrons. The van der Waals surface area contributed by atoms with Gasteiger partial charge in [0, 0.05) is 13.1 Å². The van der Waals surface area contributed by atoms with E-state index >= 15 is 0 Å². The Kier molecular flexibility index (Phi) is 5.37. The second-order valence-electron chi connectivity index (χ2n) is 3.65. The van der Waals surface area contributed by atoms with Gasteiger partial charge >= 0.3 is 0 Å². The van der Waals surface area contributed by atoms with Gasteiger partial charge in [-0.1, -0.05) is 13.3 Å². The Morgan fingerprint density at radius 3 is 2.92 bits per heavy atom. The number of hydrogen-bond acceptors (Lipinski definition) is 2. The highest BCUT2D eigenvalue weighted by Crippen LogP contribution is 2.00. The van der Waals surface area contributed by atoms with Crippen LogP contribution in [0.5, 0.6) is 0 Å². The van der Waals surface area contributed by atoms with Crippen LogP contribution in [0.1, 0.15) is 32.6 Å². The number of rotatable bonds is 3. The van der Waals surface area contributed by atoms with E-state index in [9.17, 15) is 0 Å². The lowest BCUT2D eigenvalue weighted by atomic mass is 10.2. The molecule has 0 bridgehead atoms. The van der Waals surface area contributed by atoms with Crippen molar-refractivity contribution < 1.29 is 0 Å². The van der Waals surface area contributed by atoms with Crippen molar-refractivity contribution in [3.05, 3.63) is 0 Å². The first-order valence-electron chi connectivity index (χ1n) is 5.36. The third kappa shape index (κ3) is 4.07. The summed E-state index contributed by atoms with van der Waals surface area (Å²) in [5.74, 6) is 0. The van der Waals surface area contributed by atoms with Gasteiger partial charge in [0.15, 0.2) is 0 Å². The molecule has 0 aliphatic carbocycles. The summed E-state index contributed by atoms with van der Waals surface area (Å²) in [5, 5.41) is 3.45. The topological polar surface area (TPSA) is 15.3 Å². The second kappa shape index (κ2) is 6.44. The van der Waals surface area contributed by atoms with Gasteiger partial charge in [0.2, 0.25) is 0 Å². The molecule has 0 spiro atoms. The number of unbranched alkanes of at least 4 members (excludes halogenated alkanes) is 1. The monoisotopic (exact) mass is 170 g/mol. The van der Waals surface area contributed by atoms with Crippen LogP contribution in [0.3, 0.4) is 0 Å². The molecule has 1 heterocycles. The maximum atomic E-state index is 3.45. The van der Waals surface area contributed by atoms with Crippen molar-refractivity contribution in [1.82, 2.24) is 10.2 Å². The fourth-order valence-electron chi connectivity index (χ4n) is 1.66. The summed E-state index contributed by atoms with van der Waals surface area (Å²) in [7, 11) is 0. The largest absolute Gasteiger partial charge is 0.315 e. The highest BCUT2D eigenvalue weighted by atomic mass is 15.1. The van der Waals surface area contributed by atoms with Crippen LogP contribution in [-0.2, 0) is 0 Å². The van der Waals surface area contributed by atoms with Gasteiger partial charge < -0.3 is 10.2 Å². The first-order chi connectivity index (χ1) is 5.93. The van der Waals surface area contributed by atoms with Gasteiger partial charge in [-0.3, -0.25) is 0 Å². The molecule has 0 unspecified atom stereocenters. The smallest absolute Gasteiger partial charge is 0.0107 e. The first-order valence-corrected chi connectivity index (χ1v) is 5.36. The average molecular weight is 170 g/mol. The van der Waals surface area contributed by atoms with Crippen LogP contribution < -0.4 is 5.32 Å². The van der Waals surface area contributed by atoms with Crippen LogP contribution in [0, 0.1) is 0 Å². The normalized spacial score (nSPS) is 21.8. The van der Waals surface area contributed by atoms with Crippen LogP contribution in [0.25, 0.3) is 0 Å². The van der Waals surface area contributed by atoms with E-state index in [1.807, 2.05) is 0 Å². The summed E-state index contributed by atoms with van der Waals surface area (Å²) in [5.41, 5.74) is 0. The van der Waals surface area contributed by atoms with Gasteiger partial charge in [0.05, 0.1) is 0 Å². The maximum absolute atomic E-state index is 3.45. The third-order valence-electron chi connectivity index (χ3n) is 2.51. The molecule has 12 heavy (non-hydrogen) atoms. The van der Waals surface area contributed by atoms with Gasteiger partial charge in [0.25, 0.3) is 0 Å².